The molecule has 11 aromatic rings. The second-order valence-electron chi connectivity index (χ2n) is 13.7. The molecule has 0 aliphatic rings. The Morgan fingerprint density at radius 1 is 0.212 bits per heavy atom. The van der Waals surface area contributed by atoms with Crippen LogP contribution in [0.5, 0.6) is 0 Å². The van der Waals surface area contributed by atoms with Gasteiger partial charge in [0.2, 0.25) is 0 Å². The minimum absolute atomic E-state index is 0.829. The molecule has 2 heterocycles. The molecule has 0 atom stereocenters. The van der Waals surface area contributed by atoms with E-state index in [1.807, 2.05) is 6.07 Å². The van der Waals surface area contributed by atoms with Gasteiger partial charge < -0.3 is 8.83 Å². The number of hydrogen-bond donors (Lipinski definition) is 0. The summed E-state index contributed by atoms with van der Waals surface area (Å²) in [5.74, 6) is 0. The average molecular weight is 663 g/mol. The lowest BCUT2D eigenvalue weighted by atomic mass is 9.97. The molecule has 0 N–H and O–H groups in total. The fraction of sp³-hybridized carbons (Fsp3) is 0. The fourth-order valence-corrected chi connectivity index (χ4v) is 7.85. The van der Waals surface area contributed by atoms with Gasteiger partial charge in [0.1, 0.15) is 22.3 Å². The molecule has 0 amide bonds. The van der Waals surface area contributed by atoms with Crippen LogP contribution in [0, 0.1) is 0 Å². The van der Waals surface area contributed by atoms with E-state index in [-0.39, 0.29) is 0 Å². The van der Waals surface area contributed by atoms with E-state index in [9.17, 15) is 0 Å². The molecule has 0 spiro atoms. The average Bonchev–Trinajstić information content (AvgIpc) is 3.76. The van der Waals surface area contributed by atoms with Gasteiger partial charge in [0.05, 0.1) is 0 Å². The minimum Gasteiger partial charge on any atom is -0.456 e. The SMILES string of the molecule is c1ccc2cc(-c3ccc(-c4ccc5oc6cc7oc8ccc(-c9ccc(-c%10ccc%11ccccc%11c%10)cc9)cc8c7cc6c5c4)cc3)ccc2c1. The Kier molecular flexibility index (Phi) is 6.28. The zero-order valence-corrected chi connectivity index (χ0v) is 28.1. The fourth-order valence-electron chi connectivity index (χ4n) is 7.85. The minimum atomic E-state index is 0.829. The van der Waals surface area contributed by atoms with Crippen LogP contribution in [0.25, 0.3) is 110 Å². The molecule has 0 aliphatic heterocycles. The highest BCUT2D eigenvalue weighted by Gasteiger charge is 2.15. The third-order valence-corrected chi connectivity index (χ3v) is 10.7. The summed E-state index contributed by atoms with van der Waals surface area (Å²) in [7, 11) is 0. The number of benzene rings is 9. The highest BCUT2D eigenvalue weighted by atomic mass is 16.3. The van der Waals surface area contributed by atoms with E-state index in [0.717, 1.165) is 55.0 Å². The lowest BCUT2D eigenvalue weighted by molar-refractivity contribution is 0.656. The number of fused-ring (bicyclic) bond motifs is 8. The molecule has 2 nitrogen and oxygen atoms in total. The predicted octanol–water partition coefficient (Wildman–Crippen LogP) is 14.5. The van der Waals surface area contributed by atoms with Gasteiger partial charge in [0.25, 0.3) is 0 Å². The molecule has 9 aromatic carbocycles. The van der Waals surface area contributed by atoms with Crippen molar-refractivity contribution in [3.8, 4) is 44.5 Å². The lowest BCUT2D eigenvalue weighted by Gasteiger charge is -2.07. The van der Waals surface area contributed by atoms with Gasteiger partial charge in [-0.05, 0) is 109 Å². The highest BCUT2D eigenvalue weighted by molar-refractivity contribution is 6.16. The number of furan rings is 2. The topological polar surface area (TPSA) is 26.3 Å². The molecule has 2 heteroatoms. The molecule has 0 radical (unpaired) electrons. The van der Waals surface area contributed by atoms with Crippen LogP contribution in [0.3, 0.4) is 0 Å². The van der Waals surface area contributed by atoms with Crippen molar-refractivity contribution in [2.24, 2.45) is 0 Å². The quantitative estimate of drug-likeness (QED) is 0.187. The van der Waals surface area contributed by atoms with Crippen LogP contribution in [0.15, 0.2) is 191 Å². The summed E-state index contributed by atoms with van der Waals surface area (Å²) in [6.07, 6.45) is 0. The van der Waals surface area contributed by atoms with E-state index in [0.29, 0.717) is 0 Å². The van der Waals surface area contributed by atoms with Crippen LogP contribution in [-0.2, 0) is 0 Å². The maximum absolute atomic E-state index is 6.36. The Labute approximate surface area is 299 Å². The summed E-state index contributed by atoms with van der Waals surface area (Å²) >= 11 is 0. The number of hydrogen-bond acceptors (Lipinski definition) is 2. The lowest BCUT2D eigenvalue weighted by Crippen LogP contribution is -1.82. The Hall–Kier alpha value is -6.90. The molecule has 0 fully saturated rings. The van der Waals surface area contributed by atoms with Crippen molar-refractivity contribution in [1.82, 2.24) is 0 Å². The summed E-state index contributed by atoms with van der Waals surface area (Å²) in [6, 6.07) is 65.3. The second-order valence-corrected chi connectivity index (χ2v) is 13.7. The van der Waals surface area contributed by atoms with Crippen molar-refractivity contribution in [2.75, 3.05) is 0 Å². The van der Waals surface area contributed by atoms with Gasteiger partial charge in [-0.2, -0.15) is 0 Å². The molecular weight excluding hydrogens is 633 g/mol. The maximum atomic E-state index is 6.36. The van der Waals surface area contributed by atoms with Gasteiger partial charge in [-0.1, -0.05) is 133 Å². The van der Waals surface area contributed by atoms with E-state index in [2.05, 4.69) is 176 Å². The third-order valence-electron chi connectivity index (χ3n) is 10.7. The van der Waals surface area contributed by atoms with E-state index >= 15 is 0 Å². The third kappa shape index (κ3) is 4.73. The molecule has 11 rings (SSSR count). The maximum Gasteiger partial charge on any atom is 0.139 e. The van der Waals surface area contributed by atoms with Crippen LogP contribution in [0.1, 0.15) is 0 Å². The summed E-state index contributed by atoms with van der Waals surface area (Å²) in [5.41, 5.74) is 12.9. The van der Waals surface area contributed by atoms with Gasteiger partial charge in [0.15, 0.2) is 0 Å². The van der Waals surface area contributed by atoms with Crippen molar-refractivity contribution in [3.05, 3.63) is 182 Å². The molecule has 0 saturated carbocycles. The normalized spacial score (nSPS) is 11.8. The first-order valence-electron chi connectivity index (χ1n) is 17.7. The van der Waals surface area contributed by atoms with Crippen LogP contribution in [0.4, 0.5) is 0 Å². The van der Waals surface area contributed by atoms with Crippen molar-refractivity contribution in [3.63, 3.8) is 0 Å². The molecule has 52 heavy (non-hydrogen) atoms. The van der Waals surface area contributed by atoms with Gasteiger partial charge in [-0.25, -0.2) is 0 Å². The zero-order chi connectivity index (χ0) is 34.2. The van der Waals surface area contributed by atoms with E-state index in [1.54, 1.807) is 0 Å². The van der Waals surface area contributed by atoms with Crippen molar-refractivity contribution < 1.29 is 8.83 Å². The smallest absolute Gasteiger partial charge is 0.139 e. The van der Waals surface area contributed by atoms with E-state index in [4.69, 9.17) is 8.83 Å². The molecule has 0 bridgehead atoms. The van der Waals surface area contributed by atoms with Gasteiger partial charge >= 0.3 is 0 Å². The first kappa shape index (κ1) is 28.9. The van der Waals surface area contributed by atoms with Crippen molar-refractivity contribution in [2.45, 2.75) is 0 Å². The van der Waals surface area contributed by atoms with Crippen LogP contribution in [-0.4, -0.2) is 0 Å². The van der Waals surface area contributed by atoms with Crippen molar-refractivity contribution in [1.29, 1.82) is 0 Å². The number of rotatable bonds is 4. The molecular formula is C50H30O2. The Balaban J connectivity index is 0.942. The van der Waals surface area contributed by atoms with Gasteiger partial charge in [-0.15, -0.1) is 0 Å². The molecule has 0 unspecified atom stereocenters. The summed E-state index contributed by atoms with van der Waals surface area (Å²) < 4.78 is 12.7. The first-order valence-corrected chi connectivity index (χ1v) is 17.7. The van der Waals surface area contributed by atoms with Gasteiger partial charge in [0, 0.05) is 27.6 Å². The predicted molar refractivity (Wildman–Crippen MR) is 218 cm³/mol. The van der Waals surface area contributed by atoms with Gasteiger partial charge in [-0.3, -0.25) is 0 Å². The van der Waals surface area contributed by atoms with Crippen LogP contribution in [0.2, 0.25) is 0 Å². The van der Waals surface area contributed by atoms with Crippen molar-refractivity contribution >= 4 is 65.4 Å². The Morgan fingerprint density at radius 2 is 0.538 bits per heavy atom. The van der Waals surface area contributed by atoms with Crippen LogP contribution < -0.4 is 0 Å². The van der Waals surface area contributed by atoms with Crippen LogP contribution >= 0.6 is 0 Å². The summed E-state index contributed by atoms with van der Waals surface area (Å²) in [4.78, 5) is 0. The Bertz CT molecular complexity index is 2950. The summed E-state index contributed by atoms with van der Waals surface area (Å²) in [5, 5.41) is 9.40. The monoisotopic (exact) mass is 662 g/mol. The highest BCUT2D eigenvalue weighted by Crippen LogP contribution is 2.40. The largest absolute Gasteiger partial charge is 0.456 e. The second kappa shape index (κ2) is 11.3. The summed E-state index contributed by atoms with van der Waals surface area (Å²) in [6.45, 7) is 0. The molecule has 0 aliphatic carbocycles. The zero-order valence-electron chi connectivity index (χ0n) is 28.1. The molecule has 0 saturated heterocycles. The van der Waals surface area contributed by atoms with E-state index in [1.165, 1.54) is 54.9 Å². The first-order chi connectivity index (χ1) is 25.7. The van der Waals surface area contributed by atoms with E-state index < -0.39 is 0 Å². The molecule has 242 valence electrons. The standard InChI is InChI=1S/C50H30O2/c1-3-7-37-25-39(19-17-31(37)5-1)33-9-13-35(14-10-33)41-21-23-47-43(27-41)45-29-46-44-28-42(22-24-48(44)52-50(46)30-49(45)51-47)36-15-11-34(12-16-36)40-20-18-32-6-2-4-8-38(32)26-40/h1-30H. The molecule has 2 aromatic heterocycles. The Morgan fingerprint density at radius 3 is 0.962 bits per heavy atom.